The first-order valence-electron chi connectivity index (χ1n) is 18.6. The molecule has 4 aliphatic rings. The highest BCUT2D eigenvalue weighted by Gasteiger charge is 2.41. The van der Waals surface area contributed by atoms with E-state index in [4.69, 9.17) is 13.9 Å². The molecule has 3 fully saturated rings. The van der Waals surface area contributed by atoms with Crippen molar-refractivity contribution in [1.82, 2.24) is 18.8 Å². The van der Waals surface area contributed by atoms with Crippen molar-refractivity contribution < 1.29 is 45.1 Å². The van der Waals surface area contributed by atoms with Gasteiger partial charge in [-0.3, -0.25) is 14.5 Å². The zero-order valence-corrected chi connectivity index (χ0v) is 32.2. The van der Waals surface area contributed by atoms with Crippen LogP contribution in [0, 0.1) is 13.8 Å². The second kappa shape index (κ2) is 15.0. The van der Waals surface area contributed by atoms with E-state index >= 15 is 0 Å². The van der Waals surface area contributed by atoms with Crippen LogP contribution >= 0.6 is 0 Å². The Morgan fingerprint density at radius 3 is 2.38 bits per heavy atom. The van der Waals surface area contributed by atoms with Gasteiger partial charge in [0.25, 0.3) is 11.8 Å². The van der Waals surface area contributed by atoms with Gasteiger partial charge in [-0.05, 0) is 88.7 Å². The van der Waals surface area contributed by atoms with Crippen LogP contribution in [-0.4, -0.2) is 107 Å². The number of carbonyl (C=O) groups is 2. The van der Waals surface area contributed by atoms with Crippen molar-refractivity contribution in [3.05, 3.63) is 67.6 Å². The van der Waals surface area contributed by atoms with E-state index in [2.05, 4.69) is 22.9 Å². The summed E-state index contributed by atoms with van der Waals surface area (Å²) < 4.78 is 90.1. The first kappa shape index (κ1) is 39.1. The van der Waals surface area contributed by atoms with Gasteiger partial charge in [0, 0.05) is 68.6 Å². The van der Waals surface area contributed by atoms with E-state index in [0.29, 0.717) is 43.9 Å². The lowest BCUT2D eigenvalue weighted by atomic mass is 9.92. The normalized spacial score (nSPS) is 20.1. The van der Waals surface area contributed by atoms with Gasteiger partial charge in [0.2, 0.25) is 0 Å². The predicted molar refractivity (Wildman–Crippen MR) is 198 cm³/mol. The number of halogens is 3. The standard InChI is InChI=1S/C38H46F3N5O8S/c1-22-16-30(44-15-14-43(3)25(19-44)21-52-4)23(2)34-32(22)27-10-13-45(20-28(27)37(49)54-34)36(48)24-17-29(38(39,40)41)33(31(18-24)53-26-8-7-9-26)35(47)42-55(50,51)46-11-5-6-12-46/h16-18,25-26H,5-15,19-21H2,1-4H3,(H,42,47)/t25-/m1/s1. The molecule has 1 aromatic heterocycles. The van der Waals surface area contributed by atoms with Gasteiger partial charge < -0.3 is 23.7 Å². The highest BCUT2D eigenvalue weighted by molar-refractivity contribution is 7.87. The Bertz CT molecular complexity index is 2180. The summed E-state index contributed by atoms with van der Waals surface area (Å²) in [4.78, 5) is 46.9. The van der Waals surface area contributed by atoms with E-state index in [1.54, 1.807) is 11.8 Å². The van der Waals surface area contributed by atoms with Crippen LogP contribution in [0.25, 0.3) is 11.0 Å². The summed E-state index contributed by atoms with van der Waals surface area (Å²) in [5, 5.41) is 0.778. The van der Waals surface area contributed by atoms with Crippen molar-refractivity contribution in [1.29, 1.82) is 0 Å². The first-order valence-corrected chi connectivity index (χ1v) is 20.1. The lowest BCUT2D eigenvalue weighted by Gasteiger charge is -2.41. The van der Waals surface area contributed by atoms with Crippen molar-refractivity contribution >= 4 is 38.7 Å². The number of nitrogens with one attached hydrogen (secondary N) is 1. The summed E-state index contributed by atoms with van der Waals surface area (Å²) in [6.07, 6.45) is -2.51. The minimum absolute atomic E-state index is 0.0955. The number of benzene rings is 2. The van der Waals surface area contributed by atoms with E-state index in [-0.39, 0.29) is 44.2 Å². The van der Waals surface area contributed by atoms with Crippen LogP contribution in [0.4, 0.5) is 18.9 Å². The number of carbonyl (C=O) groups excluding carboxylic acids is 2. The predicted octanol–water partition coefficient (Wildman–Crippen LogP) is 4.40. The highest BCUT2D eigenvalue weighted by Crippen LogP contribution is 2.41. The van der Waals surface area contributed by atoms with Crippen molar-refractivity contribution in [2.75, 3.05) is 64.9 Å². The van der Waals surface area contributed by atoms with Crippen LogP contribution in [0.2, 0.25) is 0 Å². The topological polar surface area (TPSA) is 142 Å². The summed E-state index contributed by atoms with van der Waals surface area (Å²) in [5.41, 5.74) is 0.556. The number of likely N-dealkylation sites (N-methyl/N-ethyl adjacent to an activating group) is 1. The lowest BCUT2D eigenvalue weighted by molar-refractivity contribution is -0.138. The molecule has 2 saturated heterocycles. The molecule has 13 nitrogen and oxygen atoms in total. The third kappa shape index (κ3) is 7.55. The summed E-state index contributed by atoms with van der Waals surface area (Å²) in [7, 11) is -0.689. The monoisotopic (exact) mass is 789 g/mol. The molecule has 2 aromatic carbocycles. The molecule has 1 N–H and O–H groups in total. The molecule has 1 aliphatic carbocycles. The number of piperazine rings is 1. The van der Waals surface area contributed by atoms with Crippen LogP contribution in [-0.2, 0) is 34.1 Å². The molecule has 3 aromatic rings. The number of methoxy groups -OCH3 is 1. The van der Waals surface area contributed by atoms with Gasteiger partial charge >= 0.3 is 22.0 Å². The van der Waals surface area contributed by atoms with E-state index < -0.39 is 62.4 Å². The van der Waals surface area contributed by atoms with E-state index in [9.17, 15) is 36.0 Å². The maximum Gasteiger partial charge on any atom is 0.417 e. The van der Waals surface area contributed by atoms with Crippen LogP contribution in [0.3, 0.4) is 0 Å². The summed E-state index contributed by atoms with van der Waals surface area (Å²) >= 11 is 0. The van der Waals surface area contributed by atoms with Gasteiger partial charge in [-0.15, -0.1) is 0 Å². The van der Waals surface area contributed by atoms with Gasteiger partial charge in [0.1, 0.15) is 11.3 Å². The Morgan fingerprint density at radius 1 is 1.00 bits per heavy atom. The van der Waals surface area contributed by atoms with E-state index in [1.165, 1.54) is 4.90 Å². The molecule has 1 saturated carbocycles. The number of aryl methyl sites for hydroxylation is 2. The number of amides is 2. The third-order valence-corrected chi connectivity index (χ3v) is 12.9. The Hall–Kier alpha value is -4.19. The van der Waals surface area contributed by atoms with Gasteiger partial charge in [-0.25, -0.2) is 9.52 Å². The molecule has 0 radical (unpaired) electrons. The number of nitrogens with zero attached hydrogens (tertiary/aromatic N) is 4. The number of fused-ring (bicyclic) bond motifs is 3. The Labute approximate surface area is 317 Å². The average Bonchev–Trinajstić information content (AvgIpc) is 3.68. The molecule has 2 amide bonds. The molecule has 55 heavy (non-hydrogen) atoms. The summed E-state index contributed by atoms with van der Waals surface area (Å²) in [6.45, 7) is 6.93. The second-order valence-electron chi connectivity index (χ2n) is 15.0. The Morgan fingerprint density at radius 2 is 1.73 bits per heavy atom. The molecular formula is C38H46F3N5O8S. The average molecular weight is 790 g/mol. The molecular weight excluding hydrogens is 744 g/mol. The minimum atomic E-state index is -5.16. The lowest BCUT2D eigenvalue weighted by Crippen LogP contribution is -2.53. The highest BCUT2D eigenvalue weighted by atomic mass is 32.2. The minimum Gasteiger partial charge on any atom is -0.490 e. The SMILES string of the molecule is COC[C@H]1CN(c2cc(C)c3c4c(c(=O)oc3c2C)CN(C(=O)c2cc(OC3CCC3)c(C(=O)NS(=O)(=O)N3CCCC3)c(C(F)(F)F)c2)CC4)CCN1C. The van der Waals surface area contributed by atoms with Crippen LogP contribution in [0.5, 0.6) is 5.75 Å². The summed E-state index contributed by atoms with van der Waals surface area (Å²) in [5.74, 6) is -2.84. The molecule has 1 atom stereocenters. The van der Waals surface area contributed by atoms with Crippen LogP contribution in [0.15, 0.2) is 27.4 Å². The molecule has 4 heterocycles. The molecule has 3 aliphatic heterocycles. The zero-order valence-electron chi connectivity index (χ0n) is 31.4. The first-order chi connectivity index (χ1) is 26.1. The fourth-order valence-corrected chi connectivity index (χ4v) is 9.30. The second-order valence-corrected chi connectivity index (χ2v) is 16.7. The van der Waals surface area contributed by atoms with Crippen LogP contribution < -0.4 is 20.0 Å². The Kier molecular flexibility index (Phi) is 10.7. The maximum absolute atomic E-state index is 14.7. The van der Waals surface area contributed by atoms with Crippen molar-refractivity contribution in [3.63, 3.8) is 0 Å². The molecule has 0 unspecified atom stereocenters. The quantitative estimate of drug-likeness (QED) is 0.311. The molecule has 0 spiro atoms. The molecule has 7 rings (SSSR count). The summed E-state index contributed by atoms with van der Waals surface area (Å²) in [6, 6.07) is 3.89. The van der Waals surface area contributed by atoms with Gasteiger partial charge in [0.15, 0.2) is 0 Å². The van der Waals surface area contributed by atoms with E-state index in [0.717, 1.165) is 64.2 Å². The van der Waals surface area contributed by atoms with Crippen molar-refractivity contribution in [2.24, 2.45) is 0 Å². The number of hydrogen-bond donors (Lipinski definition) is 1. The van der Waals surface area contributed by atoms with Crippen molar-refractivity contribution in [2.45, 2.75) is 77.2 Å². The number of ether oxygens (including phenoxy) is 2. The number of anilines is 1. The van der Waals surface area contributed by atoms with Gasteiger partial charge in [-0.1, -0.05) is 0 Å². The third-order valence-electron chi connectivity index (χ3n) is 11.4. The molecule has 17 heteroatoms. The molecule has 298 valence electrons. The number of rotatable bonds is 9. The van der Waals surface area contributed by atoms with Crippen molar-refractivity contribution in [3.8, 4) is 5.75 Å². The largest absolute Gasteiger partial charge is 0.490 e. The number of hydrogen-bond acceptors (Lipinski definition) is 10. The van der Waals surface area contributed by atoms with Gasteiger partial charge in [-0.2, -0.15) is 25.9 Å². The van der Waals surface area contributed by atoms with Gasteiger partial charge in [0.05, 0.1) is 42.0 Å². The zero-order chi connectivity index (χ0) is 39.4. The Balaban J connectivity index is 1.21. The smallest absolute Gasteiger partial charge is 0.417 e. The maximum atomic E-state index is 14.7. The van der Waals surface area contributed by atoms with Crippen LogP contribution in [0.1, 0.15) is 80.6 Å². The number of alkyl halides is 3. The van der Waals surface area contributed by atoms with E-state index in [1.807, 2.05) is 13.8 Å². The molecule has 0 bridgehead atoms. The fraction of sp³-hybridized carbons (Fsp3) is 0.553. The fourth-order valence-electron chi connectivity index (χ4n) is 8.09.